The standard InChI is InChI=1S/C16H24ClN5/c1-18-16(19-10-13-4-2-3-5-15(13)17)20-11-14-12-21-6-8-22(14)9-7-21/h2-5,14H,6-12H2,1H3,(H2,18,19,20). The summed E-state index contributed by atoms with van der Waals surface area (Å²) in [6.07, 6.45) is 0. The number of aliphatic imine (C=N–C) groups is 1. The second-order valence-corrected chi connectivity index (χ2v) is 6.30. The lowest BCUT2D eigenvalue weighted by molar-refractivity contribution is 0.0154. The van der Waals surface area contributed by atoms with Crippen molar-refractivity contribution in [2.24, 2.45) is 4.99 Å². The number of fused-ring (bicyclic) bond motifs is 3. The van der Waals surface area contributed by atoms with Gasteiger partial charge < -0.3 is 10.6 Å². The van der Waals surface area contributed by atoms with Crippen LogP contribution in [-0.4, -0.2) is 68.1 Å². The molecule has 3 aliphatic heterocycles. The lowest BCUT2D eigenvalue weighted by Crippen LogP contribution is -2.63. The lowest BCUT2D eigenvalue weighted by Gasteiger charge is -2.47. The molecule has 4 rings (SSSR count). The van der Waals surface area contributed by atoms with Gasteiger partial charge in [-0.3, -0.25) is 14.8 Å². The lowest BCUT2D eigenvalue weighted by atomic mass is 10.1. The fourth-order valence-electron chi connectivity index (χ4n) is 3.17. The maximum absolute atomic E-state index is 6.18. The van der Waals surface area contributed by atoms with Crippen molar-refractivity contribution < 1.29 is 0 Å². The van der Waals surface area contributed by atoms with Gasteiger partial charge in [-0.25, -0.2) is 0 Å². The SMILES string of the molecule is CN=C(NCc1ccccc1Cl)NCC1CN2CCN1CC2. The summed E-state index contributed by atoms with van der Waals surface area (Å²) in [5.41, 5.74) is 1.08. The summed E-state index contributed by atoms with van der Waals surface area (Å²) in [4.78, 5) is 9.42. The van der Waals surface area contributed by atoms with Crippen LogP contribution in [0.4, 0.5) is 0 Å². The minimum Gasteiger partial charge on any atom is -0.355 e. The Morgan fingerprint density at radius 1 is 1.23 bits per heavy atom. The van der Waals surface area contributed by atoms with Gasteiger partial charge in [-0.2, -0.15) is 0 Å². The third-order valence-corrected chi connectivity index (χ3v) is 4.89. The van der Waals surface area contributed by atoms with Gasteiger partial charge in [-0.1, -0.05) is 29.8 Å². The Morgan fingerprint density at radius 2 is 2.00 bits per heavy atom. The van der Waals surface area contributed by atoms with Crippen molar-refractivity contribution in [1.82, 2.24) is 20.4 Å². The number of nitrogens with one attached hydrogen (secondary N) is 2. The minimum atomic E-state index is 0.585. The van der Waals surface area contributed by atoms with Crippen LogP contribution in [0.25, 0.3) is 0 Å². The monoisotopic (exact) mass is 321 g/mol. The molecule has 22 heavy (non-hydrogen) atoms. The highest BCUT2D eigenvalue weighted by molar-refractivity contribution is 6.31. The largest absolute Gasteiger partial charge is 0.355 e. The van der Waals surface area contributed by atoms with Crippen molar-refractivity contribution in [2.45, 2.75) is 12.6 Å². The molecule has 1 aromatic rings. The Kier molecular flexibility index (Phi) is 5.18. The number of guanidine groups is 1. The average molecular weight is 322 g/mol. The first kappa shape index (κ1) is 15.6. The van der Waals surface area contributed by atoms with Crippen LogP contribution in [0.15, 0.2) is 29.3 Å². The first-order valence-electron chi connectivity index (χ1n) is 7.90. The number of piperazine rings is 3. The maximum Gasteiger partial charge on any atom is 0.191 e. The Bertz CT molecular complexity index is 525. The van der Waals surface area contributed by atoms with Crippen LogP contribution >= 0.6 is 11.6 Å². The highest BCUT2D eigenvalue weighted by atomic mass is 35.5. The molecule has 0 radical (unpaired) electrons. The zero-order valence-corrected chi connectivity index (χ0v) is 13.8. The van der Waals surface area contributed by atoms with E-state index in [1.54, 1.807) is 7.05 Å². The fraction of sp³-hybridized carbons (Fsp3) is 0.562. The Morgan fingerprint density at radius 3 is 2.64 bits per heavy atom. The molecule has 3 fully saturated rings. The first-order valence-corrected chi connectivity index (χ1v) is 8.28. The van der Waals surface area contributed by atoms with E-state index in [9.17, 15) is 0 Å². The molecule has 0 aliphatic carbocycles. The number of hydrogen-bond acceptors (Lipinski definition) is 3. The average Bonchev–Trinajstić information content (AvgIpc) is 2.57. The van der Waals surface area contributed by atoms with Crippen molar-refractivity contribution in [2.75, 3.05) is 46.3 Å². The van der Waals surface area contributed by atoms with Crippen molar-refractivity contribution in [3.63, 3.8) is 0 Å². The molecule has 0 spiro atoms. The van der Waals surface area contributed by atoms with Crippen LogP contribution in [0.2, 0.25) is 5.02 Å². The van der Waals surface area contributed by atoms with E-state index in [-0.39, 0.29) is 0 Å². The summed E-state index contributed by atoms with van der Waals surface area (Å²) in [6.45, 7) is 7.59. The van der Waals surface area contributed by atoms with Crippen LogP contribution in [0.1, 0.15) is 5.56 Å². The number of hydrogen-bond donors (Lipinski definition) is 2. The quantitative estimate of drug-likeness (QED) is 0.641. The van der Waals surface area contributed by atoms with Crippen LogP contribution in [-0.2, 0) is 6.54 Å². The van der Waals surface area contributed by atoms with Gasteiger partial charge >= 0.3 is 0 Å². The molecule has 120 valence electrons. The number of nitrogens with zero attached hydrogens (tertiary/aromatic N) is 3. The van der Waals surface area contributed by atoms with E-state index in [2.05, 4.69) is 25.4 Å². The molecule has 2 N–H and O–H groups in total. The highest BCUT2D eigenvalue weighted by Gasteiger charge is 2.31. The Hall–Kier alpha value is -1.30. The summed E-state index contributed by atoms with van der Waals surface area (Å²) >= 11 is 6.18. The Balaban J connectivity index is 1.47. The van der Waals surface area contributed by atoms with Gasteiger partial charge in [0.2, 0.25) is 0 Å². The van der Waals surface area contributed by atoms with E-state index in [0.717, 1.165) is 29.6 Å². The van der Waals surface area contributed by atoms with Gasteiger partial charge in [-0.05, 0) is 11.6 Å². The molecular weight excluding hydrogens is 298 g/mol. The fourth-order valence-corrected chi connectivity index (χ4v) is 3.38. The third kappa shape index (κ3) is 3.72. The van der Waals surface area contributed by atoms with Crippen LogP contribution < -0.4 is 10.6 Å². The van der Waals surface area contributed by atoms with Crippen molar-refractivity contribution in [1.29, 1.82) is 0 Å². The molecule has 5 nitrogen and oxygen atoms in total. The van der Waals surface area contributed by atoms with E-state index >= 15 is 0 Å². The van der Waals surface area contributed by atoms with E-state index in [4.69, 9.17) is 11.6 Å². The molecule has 3 aliphatic rings. The first-order chi connectivity index (χ1) is 10.8. The number of halogens is 1. The summed E-state index contributed by atoms with van der Waals surface area (Å²) in [5, 5.41) is 7.56. The van der Waals surface area contributed by atoms with Gasteiger partial charge in [-0.15, -0.1) is 0 Å². The zero-order chi connectivity index (χ0) is 15.4. The van der Waals surface area contributed by atoms with E-state index in [1.165, 1.54) is 26.2 Å². The van der Waals surface area contributed by atoms with E-state index in [1.807, 2.05) is 24.3 Å². The number of rotatable bonds is 4. The van der Waals surface area contributed by atoms with Crippen molar-refractivity contribution >= 4 is 17.6 Å². The molecule has 3 heterocycles. The third-order valence-electron chi connectivity index (χ3n) is 4.53. The molecule has 1 atom stereocenters. The van der Waals surface area contributed by atoms with Crippen molar-refractivity contribution in [3.8, 4) is 0 Å². The topological polar surface area (TPSA) is 42.9 Å². The smallest absolute Gasteiger partial charge is 0.191 e. The number of benzene rings is 1. The van der Waals surface area contributed by atoms with Crippen LogP contribution in [0, 0.1) is 0 Å². The molecule has 0 amide bonds. The van der Waals surface area contributed by atoms with E-state index < -0.39 is 0 Å². The Labute approximate surface area is 137 Å². The molecule has 3 saturated heterocycles. The second kappa shape index (κ2) is 7.31. The second-order valence-electron chi connectivity index (χ2n) is 5.89. The molecule has 6 heteroatoms. The summed E-state index contributed by atoms with van der Waals surface area (Å²) in [7, 11) is 1.80. The molecule has 1 aromatic carbocycles. The molecular formula is C16H24ClN5. The van der Waals surface area contributed by atoms with Crippen molar-refractivity contribution in [3.05, 3.63) is 34.9 Å². The maximum atomic E-state index is 6.18. The molecule has 0 saturated carbocycles. The zero-order valence-electron chi connectivity index (χ0n) is 13.1. The van der Waals surface area contributed by atoms with Crippen LogP contribution in [0.3, 0.4) is 0 Å². The van der Waals surface area contributed by atoms with Gasteiger partial charge in [0.1, 0.15) is 0 Å². The van der Waals surface area contributed by atoms with Gasteiger partial charge in [0.05, 0.1) is 0 Å². The highest BCUT2D eigenvalue weighted by Crippen LogP contribution is 2.15. The summed E-state index contributed by atoms with van der Waals surface area (Å²) in [6, 6.07) is 8.47. The molecule has 1 unspecified atom stereocenters. The van der Waals surface area contributed by atoms with Gasteiger partial charge in [0.15, 0.2) is 5.96 Å². The predicted molar refractivity (Wildman–Crippen MR) is 91.5 cm³/mol. The normalized spacial score (nSPS) is 27.7. The molecule has 0 aromatic heterocycles. The van der Waals surface area contributed by atoms with Crippen LogP contribution in [0.5, 0.6) is 0 Å². The minimum absolute atomic E-state index is 0.585. The van der Waals surface area contributed by atoms with Gasteiger partial charge in [0.25, 0.3) is 0 Å². The predicted octanol–water partition coefficient (Wildman–Crippen LogP) is 1.00. The molecule has 2 bridgehead atoms. The summed E-state index contributed by atoms with van der Waals surface area (Å²) < 4.78 is 0. The van der Waals surface area contributed by atoms with Gasteiger partial charge in [0, 0.05) is 63.9 Å². The van der Waals surface area contributed by atoms with E-state index in [0.29, 0.717) is 12.6 Å². The summed E-state index contributed by atoms with van der Waals surface area (Å²) in [5.74, 6) is 0.831.